The van der Waals surface area contributed by atoms with Crippen molar-refractivity contribution in [2.24, 2.45) is 0 Å². The molecule has 3 nitrogen and oxygen atoms in total. The fraction of sp³-hybridized carbons (Fsp3) is 0.316. The van der Waals surface area contributed by atoms with Crippen molar-refractivity contribution in [3.8, 4) is 0 Å². The molecule has 2 N–H and O–H groups in total. The molecule has 1 amide bonds. The second kappa shape index (κ2) is 8.18. The third kappa shape index (κ3) is 4.85. The zero-order chi connectivity index (χ0) is 16.8. The van der Waals surface area contributed by atoms with Gasteiger partial charge in [0.05, 0.1) is 0 Å². The molecule has 0 fully saturated rings. The molecular formula is C19H23NO2S. The van der Waals surface area contributed by atoms with E-state index in [9.17, 15) is 9.90 Å². The van der Waals surface area contributed by atoms with Crippen LogP contribution in [0.15, 0.2) is 48.5 Å². The van der Waals surface area contributed by atoms with E-state index in [1.165, 1.54) is 5.56 Å². The first kappa shape index (κ1) is 17.6. The molecule has 0 aliphatic rings. The van der Waals surface area contributed by atoms with E-state index in [0.29, 0.717) is 10.8 Å². The number of aliphatic hydroxyl groups excluding tert-OH is 1. The van der Waals surface area contributed by atoms with Crippen LogP contribution in [0.2, 0.25) is 0 Å². The molecule has 0 aliphatic heterocycles. The second-order valence-corrected chi connectivity index (χ2v) is 7.32. The predicted molar refractivity (Wildman–Crippen MR) is 97.6 cm³/mol. The van der Waals surface area contributed by atoms with Gasteiger partial charge >= 0.3 is 0 Å². The Kier molecular flexibility index (Phi) is 6.25. The van der Waals surface area contributed by atoms with E-state index in [4.69, 9.17) is 0 Å². The van der Waals surface area contributed by atoms with Crippen molar-refractivity contribution in [1.29, 1.82) is 0 Å². The normalized spacial score (nSPS) is 12.2. The predicted octanol–water partition coefficient (Wildman–Crippen LogP) is 4.31. The Bertz CT molecular complexity index is 656. The van der Waals surface area contributed by atoms with Crippen LogP contribution in [0, 0.1) is 6.92 Å². The summed E-state index contributed by atoms with van der Waals surface area (Å²) in [6.07, 6.45) is -1.16. The van der Waals surface area contributed by atoms with Crippen LogP contribution in [0.4, 0.5) is 5.69 Å². The van der Waals surface area contributed by atoms with Crippen LogP contribution in [0.5, 0.6) is 0 Å². The summed E-state index contributed by atoms with van der Waals surface area (Å²) in [5.74, 6) is 0.502. The van der Waals surface area contributed by atoms with Gasteiger partial charge in [-0.15, -0.1) is 0 Å². The fourth-order valence-electron chi connectivity index (χ4n) is 2.22. The van der Waals surface area contributed by atoms with Crippen LogP contribution in [-0.4, -0.2) is 16.3 Å². The molecule has 1 unspecified atom stereocenters. The largest absolute Gasteiger partial charge is 0.378 e. The lowest BCUT2D eigenvalue weighted by Crippen LogP contribution is -2.21. The Labute approximate surface area is 142 Å². The van der Waals surface area contributed by atoms with Crippen molar-refractivity contribution >= 4 is 23.4 Å². The van der Waals surface area contributed by atoms with Crippen LogP contribution in [0.25, 0.3) is 0 Å². The summed E-state index contributed by atoms with van der Waals surface area (Å²) in [6.45, 7) is 6.34. The summed E-state index contributed by atoms with van der Waals surface area (Å²) in [4.78, 5) is 12.3. The molecule has 0 saturated heterocycles. The lowest BCUT2D eigenvalue weighted by Gasteiger charge is -2.16. The van der Waals surface area contributed by atoms with Gasteiger partial charge < -0.3 is 10.4 Å². The lowest BCUT2D eigenvalue weighted by molar-refractivity contribution is -0.124. The van der Waals surface area contributed by atoms with E-state index in [1.54, 1.807) is 24.3 Å². The van der Waals surface area contributed by atoms with Gasteiger partial charge in [-0.2, -0.15) is 11.8 Å². The quantitative estimate of drug-likeness (QED) is 0.830. The van der Waals surface area contributed by atoms with Crippen molar-refractivity contribution in [2.75, 3.05) is 5.32 Å². The minimum atomic E-state index is -1.16. The average molecular weight is 329 g/mol. The summed E-state index contributed by atoms with van der Waals surface area (Å²) in [5, 5.41) is 13.6. The van der Waals surface area contributed by atoms with Crippen molar-refractivity contribution < 1.29 is 9.90 Å². The number of carbonyl (C=O) groups is 1. The van der Waals surface area contributed by atoms with Crippen molar-refractivity contribution in [3.05, 3.63) is 65.2 Å². The molecule has 2 rings (SSSR count). The van der Waals surface area contributed by atoms with Gasteiger partial charge in [-0.25, -0.2) is 0 Å². The number of hydrogen-bond donors (Lipinski definition) is 2. The van der Waals surface area contributed by atoms with Gasteiger partial charge in [0.2, 0.25) is 0 Å². The standard InChI is InChI=1S/C19H23NO2S/c1-13(2)23-12-16-10-7-11-17(14(16)3)20-19(22)18(21)15-8-5-4-6-9-15/h4-11,13,18,21H,12H2,1-3H3,(H,20,22). The van der Waals surface area contributed by atoms with Gasteiger partial charge in [-0.1, -0.05) is 56.3 Å². The summed E-state index contributed by atoms with van der Waals surface area (Å²) < 4.78 is 0. The highest BCUT2D eigenvalue weighted by Gasteiger charge is 2.18. The molecule has 0 bridgehead atoms. The smallest absolute Gasteiger partial charge is 0.257 e. The highest BCUT2D eigenvalue weighted by Crippen LogP contribution is 2.25. The zero-order valence-electron chi connectivity index (χ0n) is 13.7. The fourth-order valence-corrected chi connectivity index (χ4v) is 3.05. The summed E-state index contributed by atoms with van der Waals surface area (Å²) in [7, 11) is 0. The van der Waals surface area contributed by atoms with Crippen molar-refractivity contribution in [3.63, 3.8) is 0 Å². The van der Waals surface area contributed by atoms with E-state index in [2.05, 4.69) is 25.2 Å². The van der Waals surface area contributed by atoms with Crippen molar-refractivity contribution in [1.82, 2.24) is 0 Å². The first-order valence-electron chi connectivity index (χ1n) is 7.73. The van der Waals surface area contributed by atoms with E-state index >= 15 is 0 Å². The van der Waals surface area contributed by atoms with Crippen LogP contribution < -0.4 is 5.32 Å². The van der Waals surface area contributed by atoms with E-state index in [1.807, 2.05) is 36.9 Å². The Morgan fingerprint density at radius 1 is 1.13 bits per heavy atom. The van der Waals surface area contributed by atoms with E-state index < -0.39 is 12.0 Å². The maximum atomic E-state index is 12.3. The van der Waals surface area contributed by atoms with Crippen LogP contribution in [0.1, 0.15) is 36.6 Å². The van der Waals surface area contributed by atoms with Crippen molar-refractivity contribution in [2.45, 2.75) is 37.9 Å². The minimum absolute atomic E-state index is 0.409. The molecule has 4 heteroatoms. The average Bonchev–Trinajstić information content (AvgIpc) is 2.55. The maximum Gasteiger partial charge on any atom is 0.257 e. The monoisotopic (exact) mass is 329 g/mol. The first-order chi connectivity index (χ1) is 11.0. The van der Waals surface area contributed by atoms with Gasteiger partial charge in [0.15, 0.2) is 6.10 Å². The Morgan fingerprint density at radius 2 is 1.83 bits per heavy atom. The Hall–Kier alpha value is -1.78. The summed E-state index contributed by atoms with van der Waals surface area (Å²) in [6, 6.07) is 14.8. The molecule has 0 aliphatic carbocycles. The highest BCUT2D eigenvalue weighted by atomic mass is 32.2. The van der Waals surface area contributed by atoms with E-state index in [-0.39, 0.29) is 0 Å². The molecule has 122 valence electrons. The SMILES string of the molecule is Cc1c(CSC(C)C)cccc1NC(=O)C(O)c1ccccc1. The number of nitrogens with one attached hydrogen (secondary N) is 1. The van der Waals surface area contributed by atoms with Gasteiger partial charge in [-0.05, 0) is 34.9 Å². The number of benzene rings is 2. The Balaban J connectivity index is 2.10. The third-order valence-corrected chi connectivity index (χ3v) is 4.78. The minimum Gasteiger partial charge on any atom is -0.378 e. The summed E-state index contributed by atoms with van der Waals surface area (Å²) >= 11 is 1.87. The highest BCUT2D eigenvalue weighted by molar-refractivity contribution is 7.99. The van der Waals surface area contributed by atoms with Gasteiger partial charge in [0.25, 0.3) is 5.91 Å². The van der Waals surface area contributed by atoms with Gasteiger partial charge in [0, 0.05) is 11.4 Å². The van der Waals surface area contributed by atoms with Gasteiger partial charge in [-0.3, -0.25) is 4.79 Å². The number of thioether (sulfide) groups is 1. The third-order valence-electron chi connectivity index (χ3n) is 3.64. The molecule has 23 heavy (non-hydrogen) atoms. The molecule has 0 aromatic heterocycles. The Morgan fingerprint density at radius 3 is 2.48 bits per heavy atom. The topological polar surface area (TPSA) is 49.3 Å². The molecule has 2 aromatic carbocycles. The van der Waals surface area contributed by atoms with Crippen LogP contribution in [-0.2, 0) is 10.5 Å². The number of hydrogen-bond acceptors (Lipinski definition) is 3. The zero-order valence-corrected chi connectivity index (χ0v) is 14.6. The first-order valence-corrected chi connectivity index (χ1v) is 8.78. The van der Waals surface area contributed by atoms with E-state index in [0.717, 1.165) is 17.0 Å². The number of amides is 1. The molecule has 2 aromatic rings. The summed E-state index contributed by atoms with van der Waals surface area (Å²) in [5.41, 5.74) is 3.60. The molecule has 0 heterocycles. The molecule has 0 spiro atoms. The molecule has 0 saturated carbocycles. The molecular weight excluding hydrogens is 306 g/mol. The second-order valence-electron chi connectivity index (χ2n) is 5.75. The number of anilines is 1. The molecule has 0 radical (unpaired) electrons. The number of rotatable bonds is 6. The van der Waals surface area contributed by atoms with Crippen LogP contribution >= 0.6 is 11.8 Å². The molecule has 1 atom stereocenters. The van der Waals surface area contributed by atoms with Crippen LogP contribution in [0.3, 0.4) is 0 Å². The lowest BCUT2D eigenvalue weighted by atomic mass is 10.1. The van der Waals surface area contributed by atoms with Gasteiger partial charge in [0.1, 0.15) is 0 Å². The maximum absolute atomic E-state index is 12.3. The number of carbonyl (C=O) groups excluding carboxylic acids is 1. The number of aliphatic hydroxyl groups is 1.